The van der Waals surface area contributed by atoms with Crippen molar-refractivity contribution < 1.29 is 9.53 Å². The van der Waals surface area contributed by atoms with Crippen molar-refractivity contribution in [1.29, 1.82) is 0 Å². The molecule has 0 N–H and O–H groups in total. The van der Waals surface area contributed by atoms with Gasteiger partial charge in [0.25, 0.3) is 0 Å². The average Bonchev–Trinajstić information content (AvgIpc) is 2.55. The molecule has 0 aliphatic heterocycles. The smallest absolute Gasteiger partial charge is 0.337 e. The van der Waals surface area contributed by atoms with Crippen LogP contribution >= 0.6 is 11.6 Å². The fraction of sp³-hybridized carbons (Fsp3) is 0.211. The molecule has 22 heavy (non-hydrogen) atoms. The van der Waals surface area contributed by atoms with Crippen molar-refractivity contribution in [1.82, 2.24) is 0 Å². The van der Waals surface area contributed by atoms with Gasteiger partial charge in [0, 0.05) is 5.02 Å². The third kappa shape index (κ3) is 3.23. The highest BCUT2D eigenvalue weighted by Gasteiger charge is 2.13. The largest absolute Gasteiger partial charge is 0.465 e. The second-order valence-electron chi connectivity index (χ2n) is 5.51. The molecule has 0 saturated heterocycles. The summed E-state index contributed by atoms with van der Waals surface area (Å²) >= 11 is 6.04. The molecule has 2 aromatic carbocycles. The Morgan fingerprint density at radius 3 is 2.59 bits per heavy atom. The third-order valence-corrected chi connectivity index (χ3v) is 4.24. The number of halogens is 1. The zero-order valence-corrected chi connectivity index (χ0v) is 13.2. The topological polar surface area (TPSA) is 26.3 Å². The first-order valence-electron chi connectivity index (χ1n) is 7.31. The molecule has 0 unspecified atom stereocenters. The summed E-state index contributed by atoms with van der Waals surface area (Å²) in [6.45, 7) is 0. The van der Waals surface area contributed by atoms with E-state index >= 15 is 0 Å². The minimum atomic E-state index is -0.303. The SMILES string of the molecule is COC(=O)c1ccc(C=C2CCc3cc(Cl)ccc3C2)cc1. The van der Waals surface area contributed by atoms with Gasteiger partial charge < -0.3 is 4.74 Å². The second kappa shape index (κ2) is 6.37. The number of ether oxygens (including phenoxy) is 1. The lowest BCUT2D eigenvalue weighted by atomic mass is 9.87. The molecule has 0 amide bonds. The Labute approximate surface area is 135 Å². The first-order chi connectivity index (χ1) is 10.7. The summed E-state index contributed by atoms with van der Waals surface area (Å²) in [6, 6.07) is 13.6. The van der Waals surface area contributed by atoms with Gasteiger partial charge in [-0.25, -0.2) is 4.79 Å². The number of rotatable bonds is 2. The Morgan fingerprint density at radius 1 is 1.09 bits per heavy atom. The number of methoxy groups -OCH3 is 1. The van der Waals surface area contributed by atoms with Gasteiger partial charge >= 0.3 is 5.97 Å². The van der Waals surface area contributed by atoms with Gasteiger partial charge in [-0.05, 0) is 60.2 Å². The zero-order valence-electron chi connectivity index (χ0n) is 12.4. The number of allylic oxidation sites excluding steroid dienone is 1. The van der Waals surface area contributed by atoms with Crippen LogP contribution in [0.1, 0.15) is 33.5 Å². The van der Waals surface area contributed by atoms with E-state index in [-0.39, 0.29) is 5.97 Å². The molecule has 0 bridgehead atoms. The molecule has 2 aromatic rings. The number of hydrogen-bond donors (Lipinski definition) is 0. The molecule has 1 aliphatic rings. The summed E-state index contributed by atoms with van der Waals surface area (Å²) < 4.78 is 4.71. The van der Waals surface area contributed by atoms with Gasteiger partial charge in [-0.3, -0.25) is 0 Å². The van der Waals surface area contributed by atoms with E-state index in [0.717, 1.165) is 29.8 Å². The third-order valence-electron chi connectivity index (χ3n) is 4.00. The fourth-order valence-corrected chi connectivity index (χ4v) is 3.01. The molecular formula is C19H17ClO2. The Morgan fingerprint density at radius 2 is 1.86 bits per heavy atom. The molecule has 0 heterocycles. The lowest BCUT2D eigenvalue weighted by Gasteiger charge is -2.19. The summed E-state index contributed by atoms with van der Waals surface area (Å²) in [7, 11) is 1.39. The predicted molar refractivity (Wildman–Crippen MR) is 89.2 cm³/mol. The Balaban J connectivity index is 1.79. The van der Waals surface area contributed by atoms with Crippen molar-refractivity contribution in [3.63, 3.8) is 0 Å². The number of esters is 1. The molecule has 0 radical (unpaired) electrons. The minimum absolute atomic E-state index is 0.303. The Bertz CT molecular complexity index is 730. The number of benzene rings is 2. The molecule has 2 nitrogen and oxygen atoms in total. The maximum absolute atomic E-state index is 11.4. The lowest BCUT2D eigenvalue weighted by Crippen LogP contribution is -2.05. The maximum Gasteiger partial charge on any atom is 0.337 e. The second-order valence-corrected chi connectivity index (χ2v) is 5.94. The molecular weight excluding hydrogens is 296 g/mol. The van der Waals surface area contributed by atoms with Crippen molar-refractivity contribution in [3.8, 4) is 0 Å². The summed E-state index contributed by atoms with van der Waals surface area (Å²) in [5.74, 6) is -0.303. The Hall–Kier alpha value is -2.06. The van der Waals surface area contributed by atoms with E-state index < -0.39 is 0 Å². The van der Waals surface area contributed by atoms with Crippen LogP contribution in [0.4, 0.5) is 0 Å². The Kier molecular flexibility index (Phi) is 4.30. The van der Waals surface area contributed by atoms with Gasteiger partial charge in [-0.2, -0.15) is 0 Å². The molecule has 3 rings (SSSR count). The van der Waals surface area contributed by atoms with Crippen LogP contribution in [-0.2, 0) is 17.6 Å². The van der Waals surface area contributed by atoms with Crippen LogP contribution in [0.3, 0.4) is 0 Å². The fourth-order valence-electron chi connectivity index (χ4n) is 2.82. The number of fused-ring (bicyclic) bond motifs is 1. The van der Waals surface area contributed by atoms with Crippen LogP contribution in [0.15, 0.2) is 48.0 Å². The number of hydrogen-bond acceptors (Lipinski definition) is 2. The standard InChI is InChI=1S/C19H17ClO2/c1-22-19(21)15-5-2-13(3-6-15)10-14-4-7-17-12-18(20)9-8-16(17)11-14/h2-3,5-6,8-10,12H,4,7,11H2,1H3. The highest BCUT2D eigenvalue weighted by molar-refractivity contribution is 6.30. The molecule has 0 aromatic heterocycles. The van der Waals surface area contributed by atoms with E-state index in [2.05, 4.69) is 18.2 Å². The lowest BCUT2D eigenvalue weighted by molar-refractivity contribution is 0.0601. The molecule has 0 spiro atoms. The molecule has 0 saturated carbocycles. The first kappa shape index (κ1) is 14.9. The normalized spacial score (nSPS) is 15.5. The van der Waals surface area contributed by atoms with E-state index in [4.69, 9.17) is 16.3 Å². The van der Waals surface area contributed by atoms with Crippen LogP contribution in [0.25, 0.3) is 6.08 Å². The van der Waals surface area contributed by atoms with Crippen molar-refractivity contribution >= 4 is 23.6 Å². The van der Waals surface area contributed by atoms with Crippen LogP contribution in [0.2, 0.25) is 5.02 Å². The van der Waals surface area contributed by atoms with Crippen molar-refractivity contribution in [2.75, 3.05) is 7.11 Å². The molecule has 112 valence electrons. The first-order valence-corrected chi connectivity index (χ1v) is 7.68. The van der Waals surface area contributed by atoms with Crippen molar-refractivity contribution in [2.45, 2.75) is 19.3 Å². The monoisotopic (exact) mass is 312 g/mol. The maximum atomic E-state index is 11.4. The molecule has 3 heteroatoms. The van der Waals surface area contributed by atoms with Gasteiger partial charge in [0.2, 0.25) is 0 Å². The number of carbonyl (C=O) groups is 1. The summed E-state index contributed by atoms with van der Waals surface area (Å²) in [5, 5.41) is 0.810. The molecule has 1 aliphatic carbocycles. The van der Waals surface area contributed by atoms with Gasteiger partial charge in [-0.1, -0.05) is 41.4 Å². The van der Waals surface area contributed by atoms with Crippen LogP contribution in [0, 0.1) is 0 Å². The summed E-state index contributed by atoms with van der Waals surface area (Å²) in [4.78, 5) is 11.4. The van der Waals surface area contributed by atoms with E-state index in [1.165, 1.54) is 23.8 Å². The van der Waals surface area contributed by atoms with Crippen LogP contribution < -0.4 is 0 Å². The minimum Gasteiger partial charge on any atom is -0.465 e. The molecule has 0 atom stereocenters. The number of carbonyl (C=O) groups excluding carboxylic acids is 1. The van der Waals surface area contributed by atoms with Crippen molar-refractivity contribution in [3.05, 3.63) is 75.3 Å². The van der Waals surface area contributed by atoms with E-state index in [9.17, 15) is 4.79 Å². The highest BCUT2D eigenvalue weighted by atomic mass is 35.5. The van der Waals surface area contributed by atoms with Gasteiger partial charge in [0.1, 0.15) is 0 Å². The quantitative estimate of drug-likeness (QED) is 0.751. The predicted octanol–water partition coefficient (Wildman–Crippen LogP) is 4.70. The van der Waals surface area contributed by atoms with Gasteiger partial charge in [0.15, 0.2) is 0 Å². The van der Waals surface area contributed by atoms with E-state index in [0.29, 0.717) is 5.56 Å². The summed E-state index contributed by atoms with van der Waals surface area (Å²) in [6.07, 6.45) is 5.25. The highest BCUT2D eigenvalue weighted by Crippen LogP contribution is 2.28. The van der Waals surface area contributed by atoms with Crippen LogP contribution in [0.5, 0.6) is 0 Å². The van der Waals surface area contributed by atoms with Crippen LogP contribution in [-0.4, -0.2) is 13.1 Å². The van der Waals surface area contributed by atoms with E-state index in [1.54, 1.807) is 12.1 Å². The summed E-state index contributed by atoms with van der Waals surface area (Å²) in [5.41, 5.74) is 5.80. The van der Waals surface area contributed by atoms with Crippen molar-refractivity contribution in [2.24, 2.45) is 0 Å². The van der Waals surface area contributed by atoms with E-state index in [1.807, 2.05) is 18.2 Å². The average molecular weight is 313 g/mol. The zero-order chi connectivity index (χ0) is 15.5. The molecule has 0 fully saturated rings. The van der Waals surface area contributed by atoms with Gasteiger partial charge in [0.05, 0.1) is 12.7 Å². The van der Waals surface area contributed by atoms with Gasteiger partial charge in [-0.15, -0.1) is 0 Å². The number of aryl methyl sites for hydroxylation is 1.